The number of halogens is 3. The van der Waals surface area contributed by atoms with E-state index in [-0.39, 0.29) is 17.7 Å². The molecule has 0 atom stereocenters. The van der Waals surface area contributed by atoms with Gasteiger partial charge in [-0.15, -0.1) is 0 Å². The molecule has 0 radical (unpaired) electrons. The lowest BCUT2D eigenvalue weighted by atomic mass is 10.0. The molecule has 0 unspecified atom stereocenters. The number of rotatable bonds is 1. The van der Waals surface area contributed by atoms with Crippen LogP contribution in [0.25, 0.3) is 0 Å². The highest BCUT2D eigenvalue weighted by atomic mass is 19.1. The Labute approximate surface area is 110 Å². The molecule has 1 aliphatic carbocycles. The second-order valence-corrected chi connectivity index (χ2v) is 4.70. The minimum absolute atomic E-state index is 0.200. The van der Waals surface area contributed by atoms with E-state index in [2.05, 4.69) is 0 Å². The summed E-state index contributed by atoms with van der Waals surface area (Å²) in [4.78, 5) is 35.6. The van der Waals surface area contributed by atoms with Gasteiger partial charge in [0, 0.05) is 12.1 Å². The second kappa shape index (κ2) is 3.81. The molecule has 1 aliphatic heterocycles. The molecule has 104 valence electrons. The standard InChI is InChI=1S/C12H7F3N2O3/c13-5-3-6(14)8(7(15)4-5)17-10(19)12(1-2-12)9(18)16-11(17)20/h3-4H,1-2H2,(H,16,18,20). The van der Waals surface area contributed by atoms with Crippen molar-refractivity contribution in [1.29, 1.82) is 0 Å². The predicted molar refractivity (Wildman–Crippen MR) is 59.0 cm³/mol. The summed E-state index contributed by atoms with van der Waals surface area (Å²) < 4.78 is 40.2. The summed E-state index contributed by atoms with van der Waals surface area (Å²) in [7, 11) is 0. The number of hydrogen-bond donors (Lipinski definition) is 1. The number of nitrogens with zero attached hydrogens (tertiary/aromatic N) is 1. The number of imide groups is 2. The first-order chi connectivity index (χ1) is 9.36. The van der Waals surface area contributed by atoms with Crippen LogP contribution < -0.4 is 10.2 Å². The Balaban J connectivity index is 2.12. The van der Waals surface area contributed by atoms with Crippen LogP contribution in [0.2, 0.25) is 0 Å². The van der Waals surface area contributed by atoms with Crippen molar-refractivity contribution in [2.45, 2.75) is 12.8 Å². The molecule has 0 aromatic heterocycles. The van der Waals surface area contributed by atoms with Gasteiger partial charge in [-0.1, -0.05) is 0 Å². The van der Waals surface area contributed by atoms with E-state index in [1.807, 2.05) is 5.32 Å². The van der Waals surface area contributed by atoms with E-state index in [1.165, 1.54) is 0 Å². The first-order valence-corrected chi connectivity index (χ1v) is 5.71. The Morgan fingerprint density at radius 3 is 2.10 bits per heavy atom. The van der Waals surface area contributed by atoms with E-state index in [4.69, 9.17) is 0 Å². The fourth-order valence-electron chi connectivity index (χ4n) is 2.19. The SMILES string of the molecule is O=C1NC(=O)C2(CC2)C(=O)N1c1c(F)cc(F)cc1F. The molecular formula is C12H7F3N2O3. The zero-order valence-electron chi connectivity index (χ0n) is 9.87. The number of anilines is 1. The highest BCUT2D eigenvalue weighted by Gasteiger charge is 2.63. The molecule has 1 aromatic rings. The smallest absolute Gasteiger partial charge is 0.276 e. The van der Waals surface area contributed by atoms with Gasteiger partial charge < -0.3 is 0 Å². The normalized spacial score (nSPS) is 20.4. The Morgan fingerprint density at radius 1 is 1.05 bits per heavy atom. The topological polar surface area (TPSA) is 66.5 Å². The molecule has 1 spiro atoms. The summed E-state index contributed by atoms with van der Waals surface area (Å²) in [6, 6.07) is -0.536. The molecule has 8 heteroatoms. The number of barbiturate groups is 1. The van der Waals surface area contributed by atoms with E-state index in [9.17, 15) is 27.6 Å². The number of benzene rings is 1. The first kappa shape index (κ1) is 12.6. The number of carbonyl (C=O) groups is 3. The van der Waals surface area contributed by atoms with Gasteiger partial charge in [-0.25, -0.2) is 22.9 Å². The average Bonchev–Trinajstić information content (AvgIpc) is 3.12. The lowest BCUT2D eigenvalue weighted by molar-refractivity contribution is -0.136. The molecule has 4 amide bonds. The minimum atomic E-state index is -1.43. The maximum absolute atomic E-state index is 13.7. The molecule has 1 saturated carbocycles. The van der Waals surface area contributed by atoms with Crippen LogP contribution in [0.1, 0.15) is 12.8 Å². The molecule has 3 rings (SSSR count). The van der Waals surface area contributed by atoms with Gasteiger partial charge in [0.05, 0.1) is 0 Å². The highest BCUT2D eigenvalue weighted by molar-refractivity contribution is 6.31. The van der Waals surface area contributed by atoms with Gasteiger partial charge in [-0.3, -0.25) is 14.9 Å². The second-order valence-electron chi connectivity index (χ2n) is 4.70. The maximum atomic E-state index is 13.7. The van der Waals surface area contributed by atoms with Crippen LogP contribution in [0.4, 0.5) is 23.7 Å². The predicted octanol–water partition coefficient (Wildman–Crippen LogP) is 1.47. The van der Waals surface area contributed by atoms with E-state index in [1.54, 1.807) is 0 Å². The third-order valence-electron chi connectivity index (χ3n) is 3.43. The van der Waals surface area contributed by atoms with Gasteiger partial charge in [0.15, 0.2) is 11.6 Å². The summed E-state index contributed by atoms with van der Waals surface area (Å²) in [5.41, 5.74) is -2.41. The minimum Gasteiger partial charge on any atom is -0.276 e. The third kappa shape index (κ3) is 1.54. The first-order valence-electron chi connectivity index (χ1n) is 5.71. The van der Waals surface area contributed by atoms with Gasteiger partial charge in [-0.05, 0) is 12.8 Å². The van der Waals surface area contributed by atoms with Crippen molar-refractivity contribution in [3.8, 4) is 0 Å². The fourth-order valence-corrected chi connectivity index (χ4v) is 2.19. The van der Waals surface area contributed by atoms with E-state index in [0.717, 1.165) is 0 Å². The molecule has 20 heavy (non-hydrogen) atoms. The van der Waals surface area contributed by atoms with Crippen molar-refractivity contribution in [1.82, 2.24) is 5.32 Å². The molecular weight excluding hydrogens is 277 g/mol. The van der Waals surface area contributed by atoms with Gasteiger partial charge in [0.2, 0.25) is 5.91 Å². The Kier molecular flexibility index (Phi) is 2.41. The summed E-state index contributed by atoms with van der Waals surface area (Å²) >= 11 is 0. The lowest BCUT2D eigenvalue weighted by Gasteiger charge is -2.30. The summed E-state index contributed by atoms with van der Waals surface area (Å²) in [5.74, 6) is -5.72. The fraction of sp³-hybridized carbons (Fsp3) is 0.250. The van der Waals surface area contributed by atoms with Gasteiger partial charge >= 0.3 is 6.03 Å². The summed E-state index contributed by atoms with van der Waals surface area (Å²) in [6.45, 7) is 0. The van der Waals surface area contributed by atoms with Gasteiger partial charge in [0.25, 0.3) is 5.91 Å². The average molecular weight is 284 g/mol. The number of nitrogens with one attached hydrogen (secondary N) is 1. The summed E-state index contributed by atoms with van der Waals surface area (Å²) in [5, 5.41) is 1.88. The molecule has 5 nitrogen and oxygen atoms in total. The van der Waals surface area contributed by atoms with Crippen LogP contribution in [0.15, 0.2) is 12.1 Å². The van der Waals surface area contributed by atoms with Crippen molar-refractivity contribution in [2.75, 3.05) is 4.90 Å². The number of hydrogen-bond acceptors (Lipinski definition) is 3. The summed E-state index contributed by atoms with van der Waals surface area (Å²) in [6.07, 6.45) is 0.401. The van der Waals surface area contributed by atoms with Crippen molar-refractivity contribution in [3.05, 3.63) is 29.6 Å². The highest BCUT2D eigenvalue weighted by Crippen LogP contribution is 2.50. The van der Waals surface area contributed by atoms with Crippen LogP contribution >= 0.6 is 0 Å². The van der Waals surface area contributed by atoms with E-state index < -0.39 is 46.4 Å². The van der Waals surface area contributed by atoms with E-state index in [0.29, 0.717) is 12.1 Å². The quantitative estimate of drug-likeness (QED) is 0.794. The molecule has 1 aromatic carbocycles. The van der Waals surface area contributed by atoms with Crippen molar-refractivity contribution in [3.63, 3.8) is 0 Å². The van der Waals surface area contributed by atoms with Crippen LogP contribution in [-0.4, -0.2) is 17.8 Å². The Hall–Kier alpha value is -2.38. The van der Waals surface area contributed by atoms with Crippen LogP contribution in [0.5, 0.6) is 0 Å². The molecule has 0 bridgehead atoms. The molecule has 1 saturated heterocycles. The van der Waals surface area contributed by atoms with Crippen LogP contribution in [0.3, 0.4) is 0 Å². The van der Waals surface area contributed by atoms with Crippen molar-refractivity contribution in [2.24, 2.45) is 5.41 Å². The molecule has 1 N–H and O–H groups in total. The maximum Gasteiger partial charge on any atom is 0.335 e. The zero-order chi connectivity index (χ0) is 14.7. The molecule has 1 heterocycles. The molecule has 2 aliphatic rings. The van der Waals surface area contributed by atoms with Crippen LogP contribution in [0, 0.1) is 22.9 Å². The molecule has 2 fully saturated rings. The van der Waals surface area contributed by atoms with Gasteiger partial charge in [0.1, 0.15) is 16.9 Å². The van der Waals surface area contributed by atoms with Crippen molar-refractivity contribution < 1.29 is 27.6 Å². The number of amides is 4. The largest absolute Gasteiger partial charge is 0.335 e. The monoisotopic (exact) mass is 284 g/mol. The third-order valence-corrected chi connectivity index (χ3v) is 3.43. The Morgan fingerprint density at radius 2 is 1.60 bits per heavy atom. The van der Waals surface area contributed by atoms with Gasteiger partial charge in [-0.2, -0.15) is 0 Å². The van der Waals surface area contributed by atoms with Crippen molar-refractivity contribution >= 4 is 23.5 Å². The number of carbonyl (C=O) groups excluding carboxylic acids is 3. The Bertz CT molecular complexity index is 647. The van der Waals surface area contributed by atoms with Crippen LogP contribution in [-0.2, 0) is 9.59 Å². The lowest BCUT2D eigenvalue weighted by Crippen LogP contribution is -2.59. The number of urea groups is 1. The van der Waals surface area contributed by atoms with E-state index >= 15 is 0 Å². The zero-order valence-corrected chi connectivity index (χ0v) is 9.87.